The van der Waals surface area contributed by atoms with Crippen LogP contribution in [-0.4, -0.2) is 39.6 Å². The van der Waals surface area contributed by atoms with Gasteiger partial charge in [-0.25, -0.2) is 18.4 Å². The first-order valence-electron chi connectivity index (χ1n) is 9.44. The Morgan fingerprint density at radius 3 is 2.71 bits per heavy atom. The maximum Gasteiger partial charge on any atom is 0.137 e. The summed E-state index contributed by atoms with van der Waals surface area (Å²) in [5, 5.41) is 20.0. The minimum absolute atomic E-state index is 0.0657. The minimum Gasteiger partial charge on any atom is -0.381 e. The van der Waals surface area contributed by atoms with Gasteiger partial charge in [-0.05, 0) is 25.1 Å². The second-order valence-corrected chi connectivity index (χ2v) is 7.03. The van der Waals surface area contributed by atoms with Crippen LogP contribution in [0.5, 0.6) is 0 Å². The van der Waals surface area contributed by atoms with Crippen LogP contribution < -0.4 is 0 Å². The van der Waals surface area contributed by atoms with E-state index in [1.807, 2.05) is 0 Å². The lowest BCUT2D eigenvalue weighted by atomic mass is 9.86. The van der Waals surface area contributed by atoms with Crippen LogP contribution in [0.15, 0.2) is 61.8 Å². The van der Waals surface area contributed by atoms with Gasteiger partial charge in [0.2, 0.25) is 0 Å². The topological polar surface area (TPSA) is 94.5 Å². The summed E-state index contributed by atoms with van der Waals surface area (Å²) < 4.78 is 31.1. The molecule has 0 saturated heterocycles. The number of halogens is 2. The number of benzene rings is 1. The molecule has 0 saturated carbocycles. The van der Waals surface area contributed by atoms with Crippen LogP contribution in [0.4, 0.5) is 8.78 Å². The molecule has 0 fully saturated rings. The standard InChI is InChI=1S/C21H19F2N7O/c1-15(30-11-16(9-27-30)2-4-18-10-24-6-7-26-18)21(31,12-29-14-25-13-28-29)19-5-3-17(22)8-20(19)23/h2-11,13-15,31H,12H2,1H3. The molecular formula is C21H19F2N7O. The van der Waals surface area contributed by atoms with Crippen LogP contribution in [0.3, 0.4) is 0 Å². The van der Waals surface area contributed by atoms with Crippen LogP contribution >= 0.6 is 0 Å². The van der Waals surface area contributed by atoms with Crippen molar-refractivity contribution in [3.63, 3.8) is 0 Å². The quantitative estimate of drug-likeness (QED) is 0.491. The predicted molar refractivity (Wildman–Crippen MR) is 108 cm³/mol. The largest absolute Gasteiger partial charge is 0.381 e. The lowest BCUT2D eigenvalue weighted by Crippen LogP contribution is -2.40. The molecule has 0 aliphatic carbocycles. The Labute approximate surface area is 176 Å². The third kappa shape index (κ3) is 4.38. The van der Waals surface area contributed by atoms with Gasteiger partial charge in [0, 0.05) is 35.8 Å². The van der Waals surface area contributed by atoms with Crippen LogP contribution in [0.1, 0.15) is 29.8 Å². The minimum atomic E-state index is -1.79. The fourth-order valence-corrected chi connectivity index (χ4v) is 3.29. The Morgan fingerprint density at radius 1 is 1.13 bits per heavy atom. The smallest absolute Gasteiger partial charge is 0.137 e. The van der Waals surface area contributed by atoms with Crippen molar-refractivity contribution in [1.29, 1.82) is 0 Å². The van der Waals surface area contributed by atoms with Crippen molar-refractivity contribution in [1.82, 2.24) is 34.5 Å². The summed E-state index contributed by atoms with van der Waals surface area (Å²) in [6.07, 6.45) is 14.4. The van der Waals surface area contributed by atoms with E-state index in [9.17, 15) is 13.9 Å². The Hall–Kier alpha value is -3.79. The first-order valence-corrected chi connectivity index (χ1v) is 9.44. The molecule has 10 heteroatoms. The molecule has 0 aliphatic rings. The molecule has 1 N–H and O–H groups in total. The maximum absolute atomic E-state index is 14.7. The molecule has 1 aromatic carbocycles. The van der Waals surface area contributed by atoms with E-state index in [0.717, 1.165) is 17.7 Å². The summed E-state index contributed by atoms with van der Waals surface area (Å²) >= 11 is 0. The molecule has 4 rings (SSSR count). The number of rotatable bonds is 7. The van der Waals surface area contributed by atoms with Gasteiger partial charge in [0.05, 0.1) is 30.7 Å². The highest BCUT2D eigenvalue weighted by Gasteiger charge is 2.40. The Bertz CT molecular complexity index is 1180. The molecule has 0 radical (unpaired) electrons. The van der Waals surface area contributed by atoms with Crippen molar-refractivity contribution in [2.75, 3.05) is 0 Å². The lowest BCUT2D eigenvalue weighted by Gasteiger charge is -2.34. The second kappa shape index (κ2) is 8.52. The van der Waals surface area contributed by atoms with Gasteiger partial charge in [0.25, 0.3) is 0 Å². The average molecular weight is 423 g/mol. The molecular weight excluding hydrogens is 404 g/mol. The molecule has 0 bridgehead atoms. The maximum atomic E-state index is 14.7. The van der Waals surface area contributed by atoms with Crippen LogP contribution in [0.2, 0.25) is 0 Å². The summed E-state index contributed by atoms with van der Waals surface area (Å²) in [5.41, 5.74) is -0.424. The molecule has 8 nitrogen and oxygen atoms in total. The van der Waals surface area contributed by atoms with Crippen molar-refractivity contribution < 1.29 is 13.9 Å². The highest BCUT2D eigenvalue weighted by Crippen LogP contribution is 2.36. The van der Waals surface area contributed by atoms with Crippen LogP contribution in [0, 0.1) is 11.6 Å². The van der Waals surface area contributed by atoms with Crippen molar-refractivity contribution >= 4 is 12.2 Å². The number of nitrogens with zero attached hydrogens (tertiary/aromatic N) is 7. The summed E-state index contributed by atoms with van der Waals surface area (Å²) in [6, 6.07) is 2.36. The molecule has 158 valence electrons. The summed E-state index contributed by atoms with van der Waals surface area (Å²) in [5.74, 6) is -1.59. The normalized spacial score (nSPS) is 14.6. The zero-order valence-corrected chi connectivity index (χ0v) is 16.5. The van der Waals surface area contributed by atoms with E-state index in [1.54, 1.807) is 50.1 Å². The van der Waals surface area contributed by atoms with Gasteiger partial charge >= 0.3 is 0 Å². The van der Waals surface area contributed by atoms with E-state index in [1.165, 1.54) is 28.1 Å². The molecule has 4 aromatic rings. The molecule has 2 unspecified atom stereocenters. The number of aromatic nitrogens is 7. The zero-order valence-electron chi connectivity index (χ0n) is 16.5. The van der Waals surface area contributed by atoms with Gasteiger partial charge in [0.1, 0.15) is 29.9 Å². The third-order valence-electron chi connectivity index (χ3n) is 5.01. The molecule has 3 heterocycles. The Morgan fingerprint density at radius 2 is 2.00 bits per heavy atom. The van der Waals surface area contributed by atoms with E-state index >= 15 is 0 Å². The second-order valence-electron chi connectivity index (χ2n) is 7.03. The molecule has 0 aliphatic heterocycles. The fraction of sp³-hybridized carbons (Fsp3) is 0.190. The SMILES string of the molecule is CC(n1cc(C=Cc2cnccn2)cn1)C(O)(Cn1cncn1)c1ccc(F)cc1F. The van der Waals surface area contributed by atoms with Gasteiger partial charge in [-0.2, -0.15) is 10.2 Å². The Kier molecular flexibility index (Phi) is 5.63. The van der Waals surface area contributed by atoms with Crippen molar-refractivity contribution in [2.45, 2.75) is 25.1 Å². The average Bonchev–Trinajstić information content (AvgIpc) is 3.44. The third-order valence-corrected chi connectivity index (χ3v) is 5.01. The van der Waals surface area contributed by atoms with Gasteiger partial charge in [0.15, 0.2) is 0 Å². The summed E-state index contributed by atoms with van der Waals surface area (Å²) in [4.78, 5) is 12.0. The zero-order chi connectivity index (χ0) is 21.8. The summed E-state index contributed by atoms with van der Waals surface area (Å²) in [6.45, 7) is 1.59. The van der Waals surface area contributed by atoms with Crippen LogP contribution in [-0.2, 0) is 12.1 Å². The van der Waals surface area contributed by atoms with E-state index in [2.05, 4.69) is 25.1 Å². The Balaban J connectivity index is 1.67. The first-order chi connectivity index (χ1) is 15.0. The van der Waals surface area contributed by atoms with E-state index in [4.69, 9.17) is 0 Å². The van der Waals surface area contributed by atoms with E-state index in [-0.39, 0.29) is 12.1 Å². The lowest BCUT2D eigenvalue weighted by molar-refractivity contribution is -0.0369. The summed E-state index contributed by atoms with van der Waals surface area (Å²) in [7, 11) is 0. The van der Waals surface area contributed by atoms with E-state index < -0.39 is 23.3 Å². The van der Waals surface area contributed by atoms with Gasteiger partial charge < -0.3 is 5.11 Å². The molecule has 0 amide bonds. The molecule has 2 atom stereocenters. The molecule has 31 heavy (non-hydrogen) atoms. The van der Waals surface area contributed by atoms with Gasteiger partial charge in [-0.15, -0.1) is 0 Å². The molecule has 3 aromatic heterocycles. The monoisotopic (exact) mass is 423 g/mol. The van der Waals surface area contributed by atoms with Crippen molar-refractivity contribution in [2.24, 2.45) is 0 Å². The highest BCUT2D eigenvalue weighted by atomic mass is 19.1. The number of hydrogen-bond donors (Lipinski definition) is 1. The first kappa shape index (κ1) is 20.5. The number of aliphatic hydroxyl groups is 1. The van der Waals surface area contributed by atoms with Gasteiger partial charge in [-0.1, -0.05) is 6.07 Å². The van der Waals surface area contributed by atoms with Crippen LogP contribution in [0.25, 0.3) is 12.2 Å². The van der Waals surface area contributed by atoms with E-state index in [0.29, 0.717) is 5.69 Å². The molecule has 0 spiro atoms. The van der Waals surface area contributed by atoms with Crippen molar-refractivity contribution in [3.05, 3.63) is 90.3 Å². The number of hydrogen-bond acceptors (Lipinski definition) is 6. The highest BCUT2D eigenvalue weighted by molar-refractivity contribution is 5.66. The fourth-order valence-electron chi connectivity index (χ4n) is 3.29. The van der Waals surface area contributed by atoms with Gasteiger partial charge in [-0.3, -0.25) is 14.6 Å². The predicted octanol–water partition coefficient (Wildman–Crippen LogP) is 2.86. The van der Waals surface area contributed by atoms with Crippen molar-refractivity contribution in [3.8, 4) is 0 Å².